The van der Waals surface area contributed by atoms with Crippen LogP contribution < -0.4 is 0 Å². The van der Waals surface area contributed by atoms with Gasteiger partial charge < -0.3 is 9.47 Å². The van der Waals surface area contributed by atoms with Crippen LogP contribution in [0.15, 0.2) is 0 Å². The highest BCUT2D eigenvalue weighted by molar-refractivity contribution is 8.01. The van der Waals surface area contributed by atoms with Crippen LogP contribution in [0.3, 0.4) is 0 Å². The molecule has 76 valence electrons. The fraction of sp³-hybridized carbons (Fsp3) is 1.00. The second-order valence-corrected chi connectivity index (χ2v) is 5.55. The molecule has 0 amide bonds. The van der Waals surface area contributed by atoms with Gasteiger partial charge in [0.05, 0.1) is 11.4 Å². The summed E-state index contributed by atoms with van der Waals surface area (Å²) in [6.45, 7) is 6.61. The molecule has 0 radical (unpaired) electrons. The first-order valence-electron chi connectivity index (χ1n) is 5.01. The Balaban J connectivity index is 2.29. The van der Waals surface area contributed by atoms with Crippen LogP contribution in [0.25, 0.3) is 0 Å². The van der Waals surface area contributed by atoms with Gasteiger partial charge in [-0.15, -0.1) is 11.8 Å². The topological polar surface area (TPSA) is 18.5 Å². The zero-order valence-electron chi connectivity index (χ0n) is 8.74. The lowest BCUT2D eigenvalue weighted by Gasteiger charge is -2.34. The Labute approximate surface area is 84.4 Å². The number of rotatable bonds is 2. The van der Waals surface area contributed by atoms with Gasteiger partial charge in [0, 0.05) is 12.4 Å². The predicted molar refractivity (Wildman–Crippen MR) is 55.2 cm³/mol. The Kier molecular flexibility index (Phi) is 2.37. The molecule has 5 atom stereocenters. The molecule has 13 heavy (non-hydrogen) atoms. The third-order valence-corrected chi connectivity index (χ3v) is 5.26. The maximum absolute atomic E-state index is 6.07. The van der Waals surface area contributed by atoms with E-state index >= 15 is 0 Å². The highest BCUT2D eigenvalue weighted by atomic mass is 32.2. The summed E-state index contributed by atoms with van der Waals surface area (Å²) in [6.07, 6.45) is 1.71. The van der Waals surface area contributed by atoms with Crippen LogP contribution in [0.2, 0.25) is 0 Å². The molecule has 0 aromatic heterocycles. The summed E-state index contributed by atoms with van der Waals surface area (Å²) in [6, 6.07) is 0. The quantitative estimate of drug-likeness (QED) is 0.683. The lowest BCUT2D eigenvalue weighted by atomic mass is 9.90. The van der Waals surface area contributed by atoms with Gasteiger partial charge in [0.1, 0.15) is 11.7 Å². The second-order valence-electron chi connectivity index (χ2n) is 4.03. The summed E-state index contributed by atoms with van der Waals surface area (Å²) in [5, 5.41) is 1.11. The highest BCUT2D eigenvalue weighted by Gasteiger charge is 2.62. The fourth-order valence-corrected chi connectivity index (χ4v) is 4.59. The lowest BCUT2D eigenvalue weighted by Crippen LogP contribution is -2.44. The van der Waals surface area contributed by atoms with Crippen molar-refractivity contribution < 1.29 is 9.47 Å². The number of fused-ring (bicyclic) bond motifs is 2. The summed E-state index contributed by atoms with van der Waals surface area (Å²) >= 11 is 2.03. The largest absolute Gasteiger partial charge is 0.377 e. The third kappa shape index (κ3) is 1.10. The smallest absolute Gasteiger partial charge is 0.107 e. The molecule has 0 N–H and O–H groups in total. The third-order valence-electron chi connectivity index (χ3n) is 3.50. The Morgan fingerprint density at radius 1 is 1.46 bits per heavy atom. The molecular weight excluding hydrogens is 184 g/mol. The summed E-state index contributed by atoms with van der Waals surface area (Å²) in [5.41, 5.74) is -0.0104. The van der Waals surface area contributed by atoms with E-state index in [9.17, 15) is 0 Å². The summed E-state index contributed by atoms with van der Waals surface area (Å²) in [7, 11) is 1.81. The lowest BCUT2D eigenvalue weighted by molar-refractivity contribution is -0.0883. The van der Waals surface area contributed by atoms with E-state index in [0.29, 0.717) is 22.7 Å². The number of methoxy groups -OCH3 is 1. The minimum atomic E-state index is -0.0104. The first-order valence-corrected chi connectivity index (χ1v) is 5.96. The van der Waals surface area contributed by atoms with Gasteiger partial charge in [-0.25, -0.2) is 0 Å². The molecule has 0 unspecified atom stereocenters. The molecule has 0 saturated carbocycles. The number of hydrogen-bond donors (Lipinski definition) is 0. The van der Waals surface area contributed by atoms with E-state index in [4.69, 9.17) is 9.47 Å². The molecule has 0 aromatic carbocycles. The average Bonchev–Trinajstić information content (AvgIpc) is 2.54. The molecule has 0 aromatic rings. The minimum Gasteiger partial charge on any atom is -0.377 e. The fourth-order valence-electron chi connectivity index (χ4n) is 2.77. The molecule has 2 saturated heterocycles. The van der Waals surface area contributed by atoms with Crippen LogP contribution in [0.5, 0.6) is 0 Å². The average molecular weight is 202 g/mol. The van der Waals surface area contributed by atoms with Crippen LogP contribution >= 0.6 is 11.8 Å². The maximum atomic E-state index is 6.07. The molecule has 0 spiro atoms. The maximum Gasteiger partial charge on any atom is 0.107 e. The highest BCUT2D eigenvalue weighted by Crippen LogP contribution is 2.54. The van der Waals surface area contributed by atoms with Gasteiger partial charge in [0.15, 0.2) is 0 Å². The van der Waals surface area contributed by atoms with Gasteiger partial charge in [-0.2, -0.15) is 0 Å². The summed E-state index contributed by atoms with van der Waals surface area (Å²) < 4.78 is 11.7. The van der Waals surface area contributed by atoms with Crippen molar-refractivity contribution in [2.45, 2.75) is 55.5 Å². The van der Waals surface area contributed by atoms with Crippen molar-refractivity contribution in [3.05, 3.63) is 0 Å². The molecule has 0 aliphatic carbocycles. The van der Waals surface area contributed by atoms with Gasteiger partial charge in [-0.1, -0.05) is 13.8 Å². The molecule has 2 aliphatic rings. The zero-order valence-corrected chi connectivity index (χ0v) is 9.56. The molecule has 2 aliphatic heterocycles. The standard InChI is InChI=1S/C10H18O2S/c1-5-10-7(3)13-8(6(2)12-10)9(10)11-4/h6-9H,5H2,1-4H3/t6-,7-,8-,9-,10-/m0/s1. The van der Waals surface area contributed by atoms with Crippen molar-refractivity contribution in [2.24, 2.45) is 0 Å². The second kappa shape index (κ2) is 3.14. The SMILES string of the molecule is CC[C@]12O[C@@H](C)[C@H](S[C@H]1C)[C@@H]2OC. The van der Waals surface area contributed by atoms with Crippen molar-refractivity contribution in [3.63, 3.8) is 0 Å². The molecule has 2 heterocycles. The van der Waals surface area contributed by atoms with Crippen LogP contribution in [-0.4, -0.2) is 35.4 Å². The monoisotopic (exact) mass is 202 g/mol. The van der Waals surface area contributed by atoms with E-state index in [2.05, 4.69) is 20.8 Å². The van der Waals surface area contributed by atoms with Crippen LogP contribution in [0, 0.1) is 0 Å². The van der Waals surface area contributed by atoms with E-state index in [0.717, 1.165) is 6.42 Å². The Bertz CT molecular complexity index is 209. The Morgan fingerprint density at radius 3 is 2.62 bits per heavy atom. The number of thioether (sulfide) groups is 1. The van der Waals surface area contributed by atoms with Crippen LogP contribution in [0.1, 0.15) is 27.2 Å². The number of ether oxygens (including phenoxy) is 2. The van der Waals surface area contributed by atoms with Gasteiger partial charge in [-0.05, 0) is 13.3 Å². The van der Waals surface area contributed by atoms with Crippen molar-refractivity contribution in [3.8, 4) is 0 Å². The normalized spacial score (nSPS) is 54.5. The molecule has 2 fully saturated rings. The zero-order chi connectivity index (χ0) is 9.64. The molecular formula is C10H18O2S. The molecule has 2 rings (SSSR count). The van der Waals surface area contributed by atoms with E-state index < -0.39 is 0 Å². The van der Waals surface area contributed by atoms with Gasteiger partial charge in [0.2, 0.25) is 0 Å². The van der Waals surface area contributed by atoms with E-state index in [-0.39, 0.29) is 5.60 Å². The minimum absolute atomic E-state index is 0.0104. The van der Waals surface area contributed by atoms with E-state index in [1.165, 1.54) is 0 Å². The van der Waals surface area contributed by atoms with Crippen molar-refractivity contribution in [2.75, 3.05) is 7.11 Å². The Hall–Kier alpha value is 0.270. The predicted octanol–water partition coefficient (Wildman–Crippen LogP) is 2.07. The van der Waals surface area contributed by atoms with Gasteiger partial charge in [-0.3, -0.25) is 0 Å². The van der Waals surface area contributed by atoms with Crippen LogP contribution in [-0.2, 0) is 9.47 Å². The van der Waals surface area contributed by atoms with Gasteiger partial charge >= 0.3 is 0 Å². The Morgan fingerprint density at radius 2 is 2.15 bits per heavy atom. The van der Waals surface area contributed by atoms with Crippen molar-refractivity contribution >= 4 is 11.8 Å². The molecule has 2 nitrogen and oxygen atoms in total. The van der Waals surface area contributed by atoms with Gasteiger partial charge in [0.25, 0.3) is 0 Å². The molecule has 3 heteroatoms. The number of hydrogen-bond acceptors (Lipinski definition) is 3. The van der Waals surface area contributed by atoms with Crippen molar-refractivity contribution in [1.29, 1.82) is 0 Å². The van der Waals surface area contributed by atoms with Crippen LogP contribution in [0.4, 0.5) is 0 Å². The van der Waals surface area contributed by atoms with E-state index in [1.54, 1.807) is 0 Å². The van der Waals surface area contributed by atoms with E-state index in [1.807, 2.05) is 18.9 Å². The first-order chi connectivity index (χ1) is 6.15. The molecule has 2 bridgehead atoms. The summed E-state index contributed by atoms with van der Waals surface area (Å²) in [4.78, 5) is 0. The van der Waals surface area contributed by atoms with Crippen molar-refractivity contribution in [1.82, 2.24) is 0 Å². The first kappa shape index (κ1) is 9.81. The summed E-state index contributed by atoms with van der Waals surface area (Å²) in [5.74, 6) is 0.